The van der Waals surface area contributed by atoms with Crippen LogP contribution in [0.1, 0.15) is 6.42 Å². The Kier molecular flexibility index (Phi) is 5.89. The van der Waals surface area contributed by atoms with Crippen molar-refractivity contribution in [2.75, 3.05) is 12.8 Å². The first kappa shape index (κ1) is 10.8. The van der Waals surface area contributed by atoms with Crippen LogP contribution >= 0.6 is 30.6 Å². The molecule has 0 fully saturated rings. The summed E-state index contributed by atoms with van der Waals surface area (Å²) in [6, 6.07) is 0. The molecule has 0 heterocycles. The van der Waals surface area contributed by atoms with Gasteiger partial charge in [0.1, 0.15) is 0 Å². The minimum absolute atomic E-state index is 0.160. The van der Waals surface area contributed by atoms with Crippen LogP contribution in [0.2, 0.25) is 0 Å². The van der Waals surface area contributed by atoms with Crippen LogP contribution in [0.15, 0.2) is 0 Å². The van der Waals surface area contributed by atoms with Gasteiger partial charge in [-0.2, -0.15) is 3.22 Å². The van der Waals surface area contributed by atoms with Crippen molar-refractivity contribution in [2.24, 2.45) is 0 Å². The van der Waals surface area contributed by atoms with Gasteiger partial charge in [0.2, 0.25) is 0 Å². The number of halogens is 1. The fourth-order valence-corrected chi connectivity index (χ4v) is 1.08. The number of rotatable bonds is 5. The molecular weight excluding hydrogens is 274 g/mol. The summed E-state index contributed by atoms with van der Waals surface area (Å²) >= 11 is 1.53. The first-order chi connectivity index (χ1) is 4.56. The normalized spacial score (nSPS) is 11.9. The van der Waals surface area contributed by atoms with E-state index in [2.05, 4.69) is 8.10 Å². The van der Waals surface area contributed by atoms with Gasteiger partial charge in [-0.3, -0.25) is 4.57 Å². The fourth-order valence-electron chi connectivity index (χ4n) is 0.361. The highest BCUT2D eigenvalue weighted by molar-refractivity contribution is 14.1. The van der Waals surface area contributed by atoms with Gasteiger partial charge in [-0.1, -0.05) is 0 Å². The van der Waals surface area contributed by atoms with Gasteiger partial charge in [0.05, 0.1) is 12.8 Å². The second kappa shape index (κ2) is 5.45. The minimum atomic E-state index is -3.84. The predicted octanol–water partition coefficient (Wildman–Crippen LogP) is 0.852. The summed E-state index contributed by atoms with van der Waals surface area (Å²) in [5.74, 6) is 0. The van der Waals surface area contributed by atoms with Gasteiger partial charge in [-0.05, 0) is 6.42 Å². The van der Waals surface area contributed by atoms with E-state index >= 15 is 0 Å². The number of hydrogen-bond donors (Lipinski definition) is 2. The molecule has 62 valence electrons. The summed E-state index contributed by atoms with van der Waals surface area (Å²) in [5, 5.41) is 0. The van der Waals surface area contributed by atoms with E-state index in [4.69, 9.17) is 9.79 Å². The highest BCUT2D eigenvalue weighted by atomic mass is 127. The molecule has 0 saturated heterocycles. The lowest BCUT2D eigenvalue weighted by atomic mass is 10.5. The lowest BCUT2D eigenvalue weighted by Gasteiger charge is -2.01. The van der Waals surface area contributed by atoms with Crippen LogP contribution in [0.25, 0.3) is 0 Å². The third-order valence-corrected chi connectivity index (χ3v) is 1.87. The highest BCUT2D eigenvalue weighted by Crippen LogP contribution is 2.34. The molecule has 0 spiro atoms. The molecule has 0 amide bonds. The minimum Gasteiger partial charge on any atom is -0.324 e. The summed E-state index contributed by atoms with van der Waals surface area (Å²) in [7, 11) is -3.84. The molecule has 5 nitrogen and oxygen atoms in total. The molecule has 0 radical (unpaired) electrons. The van der Waals surface area contributed by atoms with Crippen molar-refractivity contribution in [3.63, 3.8) is 0 Å². The van der Waals surface area contributed by atoms with E-state index in [-0.39, 0.29) is 12.8 Å². The van der Waals surface area contributed by atoms with Gasteiger partial charge >= 0.3 is 7.60 Å². The molecule has 0 aromatic rings. The van der Waals surface area contributed by atoms with Gasteiger partial charge in [0, 0.05) is 0 Å². The quantitative estimate of drug-likeness (QED) is 0.257. The molecule has 0 aliphatic rings. The topological polar surface area (TPSA) is 76.0 Å². The smallest absolute Gasteiger partial charge is 0.324 e. The monoisotopic (exact) mass is 282 g/mol. The fraction of sp³-hybridized carbons (Fsp3) is 1.00. The Morgan fingerprint density at radius 1 is 1.50 bits per heavy atom. The average molecular weight is 282 g/mol. The predicted molar refractivity (Wildman–Crippen MR) is 42.6 cm³/mol. The molecule has 0 atom stereocenters. The van der Waals surface area contributed by atoms with Gasteiger partial charge in [0.25, 0.3) is 0 Å². The van der Waals surface area contributed by atoms with Crippen molar-refractivity contribution in [2.45, 2.75) is 6.42 Å². The second-order valence-electron chi connectivity index (χ2n) is 1.63. The first-order valence-electron chi connectivity index (χ1n) is 2.51. The van der Waals surface area contributed by atoms with Crippen LogP contribution in [-0.4, -0.2) is 22.6 Å². The average Bonchev–Trinajstić information content (AvgIpc) is 1.78. The van der Waals surface area contributed by atoms with Crippen molar-refractivity contribution in [1.82, 2.24) is 0 Å². The molecule has 0 unspecified atom stereocenters. The first-order valence-corrected chi connectivity index (χ1v) is 5.19. The van der Waals surface area contributed by atoms with E-state index in [9.17, 15) is 4.57 Å². The Bertz CT molecular complexity index is 122. The van der Waals surface area contributed by atoms with Gasteiger partial charge in [-0.15, -0.1) is 0 Å². The van der Waals surface area contributed by atoms with Crippen molar-refractivity contribution in [1.29, 1.82) is 0 Å². The number of hydrogen-bond acceptors (Lipinski definition) is 3. The summed E-state index contributed by atoms with van der Waals surface area (Å²) in [4.78, 5) is 21.0. The van der Waals surface area contributed by atoms with Gasteiger partial charge < -0.3 is 9.79 Å². The SMILES string of the molecule is O=P(O)(O)CCCOOI. The highest BCUT2D eigenvalue weighted by Gasteiger charge is 2.11. The Balaban J connectivity index is 3.13. The zero-order chi connectivity index (χ0) is 8.04. The Hall–Kier alpha value is 0.800. The second-order valence-corrected chi connectivity index (χ2v) is 3.76. The van der Waals surface area contributed by atoms with Gasteiger partial charge in [-0.25, -0.2) is 4.89 Å². The molecule has 0 aliphatic carbocycles. The van der Waals surface area contributed by atoms with Crippen LogP contribution in [0.3, 0.4) is 0 Å². The molecule has 2 N–H and O–H groups in total. The van der Waals surface area contributed by atoms with Crippen molar-refractivity contribution in [3.05, 3.63) is 0 Å². The van der Waals surface area contributed by atoms with E-state index in [0.717, 1.165) is 0 Å². The van der Waals surface area contributed by atoms with Crippen molar-refractivity contribution in [3.8, 4) is 0 Å². The van der Waals surface area contributed by atoms with E-state index in [0.29, 0.717) is 6.42 Å². The Morgan fingerprint density at radius 2 is 2.10 bits per heavy atom. The standard InChI is InChI=1S/C3H8IO5P/c4-9-8-2-1-3-10(5,6)7/h1-3H2,(H2,5,6,7). The summed E-state index contributed by atoms with van der Waals surface area (Å²) in [6.07, 6.45) is 0.139. The van der Waals surface area contributed by atoms with Crippen molar-refractivity contribution >= 4 is 30.6 Å². The molecule has 0 saturated carbocycles. The van der Waals surface area contributed by atoms with Gasteiger partial charge in [0.15, 0.2) is 23.0 Å². The maximum absolute atomic E-state index is 10.2. The molecule has 0 rings (SSSR count). The van der Waals surface area contributed by atoms with Crippen LogP contribution in [0, 0.1) is 0 Å². The van der Waals surface area contributed by atoms with E-state index in [1.807, 2.05) is 0 Å². The summed E-state index contributed by atoms with van der Waals surface area (Å²) in [5.41, 5.74) is 0. The Morgan fingerprint density at radius 3 is 2.50 bits per heavy atom. The molecule has 7 heteroatoms. The molecular formula is C3H8IO5P. The maximum atomic E-state index is 10.2. The molecule has 0 aromatic carbocycles. The summed E-state index contributed by atoms with van der Waals surface area (Å²) in [6.45, 7) is 0.202. The van der Waals surface area contributed by atoms with Crippen LogP contribution in [0.4, 0.5) is 0 Å². The third-order valence-electron chi connectivity index (χ3n) is 0.722. The van der Waals surface area contributed by atoms with E-state index in [1.54, 1.807) is 0 Å². The molecule has 0 aliphatic heterocycles. The third kappa shape index (κ3) is 8.80. The zero-order valence-electron chi connectivity index (χ0n) is 5.07. The van der Waals surface area contributed by atoms with Crippen LogP contribution in [0.5, 0.6) is 0 Å². The van der Waals surface area contributed by atoms with Crippen LogP contribution < -0.4 is 0 Å². The zero-order valence-corrected chi connectivity index (χ0v) is 8.12. The maximum Gasteiger partial charge on any atom is 0.325 e. The molecule has 0 bridgehead atoms. The van der Waals surface area contributed by atoms with E-state index < -0.39 is 7.60 Å². The van der Waals surface area contributed by atoms with Crippen LogP contribution in [-0.2, 0) is 12.7 Å². The van der Waals surface area contributed by atoms with E-state index in [1.165, 1.54) is 23.0 Å². The molecule has 10 heavy (non-hydrogen) atoms. The summed E-state index contributed by atoms with van der Waals surface area (Å²) < 4.78 is 14.4. The molecule has 0 aromatic heterocycles. The Labute approximate surface area is 72.5 Å². The lowest BCUT2D eigenvalue weighted by Crippen LogP contribution is -1.95. The van der Waals surface area contributed by atoms with Crippen molar-refractivity contribution < 1.29 is 22.5 Å². The lowest BCUT2D eigenvalue weighted by molar-refractivity contribution is -0.165. The largest absolute Gasteiger partial charge is 0.325 e.